The van der Waals surface area contributed by atoms with Gasteiger partial charge in [-0.1, -0.05) is 12.1 Å². The van der Waals surface area contributed by atoms with Crippen LogP contribution in [0.25, 0.3) is 0 Å². The van der Waals surface area contributed by atoms with Crippen LogP contribution >= 0.6 is 12.0 Å². The number of carbonyl (C=O) groups is 2. The number of aliphatic carboxylic acids is 1. The molecule has 0 saturated carbocycles. The second-order valence-corrected chi connectivity index (χ2v) is 5.03. The maximum atomic E-state index is 11.5. The molecule has 0 bridgehead atoms. The van der Waals surface area contributed by atoms with Crippen molar-refractivity contribution in [3.8, 4) is 0 Å². The summed E-state index contributed by atoms with van der Waals surface area (Å²) in [7, 11) is 1.53. The van der Waals surface area contributed by atoms with E-state index in [2.05, 4.69) is 0 Å². The van der Waals surface area contributed by atoms with E-state index in [9.17, 15) is 9.59 Å². The third kappa shape index (κ3) is 6.55. The topological polar surface area (TPSA) is 87.1 Å². The fourth-order valence-corrected chi connectivity index (χ4v) is 1.96. The SMILES string of the molecule is CN(CC(=O)O)CC(=O)OSc1ccc(CCO)cc1. The molecule has 0 atom stereocenters. The number of carboxylic acids is 1. The van der Waals surface area contributed by atoms with Crippen LogP contribution in [-0.4, -0.2) is 53.8 Å². The number of carbonyl (C=O) groups excluding carboxylic acids is 1. The molecule has 0 aromatic heterocycles. The van der Waals surface area contributed by atoms with E-state index >= 15 is 0 Å². The number of aliphatic hydroxyl groups excluding tert-OH is 1. The Morgan fingerprint density at radius 3 is 2.45 bits per heavy atom. The standard InChI is InChI=1S/C13H17NO5S/c1-14(8-12(16)17)9-13(18)19-20-11-4-2-10(3-5-11)6-7-15/h2-5,15H,6-9H2,1H3,(H,16,17). The molecule has 0 unspecified atom stereocenters. The fourth-order valence-electron chi connectivity index (χ4n) is 1.47. The number of carboxylic acid groups (broad SMARTS) is 1. The van der Waals surface area contributed by atoms with Crippen molar-refractivity contribution in [2.45, 2.75) is 11.3 Å². The van der Waals surface area contributed by atoms with E-state index in [0.29, 0.717) is 6.42 Å². The number of aliphatic hydroxyl groups is 1. The Balaban J connectivity index is 2.35. The van der Waals surface area contributed by atoms with Gasteiger partial charge < -0.3 is 14.4 Å². The Kier molecular flexibility index (Phi) is 7.06. The zero-order valence-electron chi connectivity index (χ0n) is 11.1. The molecule has 0 saturated heterocycles. The van der Waals surface area contributed by atoms with Gasteiger partial charge in [-0.05, 0) is 31.2 Å². The molecular formula is C13H17NO5S. The van der Waals surface area contributed by atoms with Crippen molar-refractivity contribution < 1.29 is 24.0 Å². The Labute approximate surface area is 121 Å². The first-order valence-electron chi connectivity index (χ1n) is 5.98. The minimum atomic E-state index is -0.993. The average molecular weight is 299 g/mol. The van der Waals surface area contributed by atoms with Gasteiger partial charge in [-0.3, -0.25) is 9.69 Å². The summed E-state index contributed by atoms with van der Waals surface area (Å²) in [4.78, 5) is 24.0. The van der Waals surface area contributed by atoms with E-state index < -0.39 is 11.9 Å². The van der Waals surface area contributed by atoms with E-state index in [-0.39, 0.29) is 19.7 Å². The number of likely N-dealkylation sites (N-methyl/N-ethyl adjacent to an activating group) is 1. The molecule has 0 amide bonds. The molecule has 1 rings (SSSR count). The third-order valence-corrected chi connectivity index (χ3v) is 3.09. The van der Waals surface area contributed by atoms with Gasteiger partial charge in [-0.15, -0.1) is 0 Å². The highest BCUT2D eigenvalue weighted by Gasteiger charge is 2.11. The fraction of sp³-hybridized carbons (Fsp3) is 0.385. The van der Waals surface area contributed by atoms with Gasteiger partial charge in [-0.25, -0.2) is 4.79 Å². The Bertz CT molecular complexity index is 449. The lowest BCUT2D eigenvalue weighted by Gasteiger charge is -2.12. The average Bonchev–Trinajstić information content (AvgIpc) is 2.37. The molecule has 7 heteroatoms. The lowest BCUT2D eigenvalue weighted by Crippen LogP contribution is -2.31. The first-order valence-corrected chi connectivity index (χ1v) is 6.73. The number of hydrogen-bond donors (Lipinski definition) is 2. The molecule has 6 nitrogen and oxygen atoms in total. The summed E-state index contributed by atoms with van der Waals surface area (Å²) in [5.74, 6) is -1.49. The Hall–Kier alpha value is -1.57. The Morgan fingerprint density at radius 1 is 1.25 bits per heavy atom. The zero-order chi connectivity index (χ0) is 15.0. The van der Waals surface area contributed by atoms with Gasteiger partial charge in [-0.2, -0.15) is 0 Å². The van der Waals surface area contributed by atoms with Crippen molar-refractivity contribution in [1.82, 2.24) is 4.90 Å². The maximum absolute atomic E-state index is 11.5. The molecule has 0 fully saturated rings. The summed E-state index contributed by atoms with van der Waals surface area (Å²) in [6, 6.07) is 7.29. The normalized spacial score (nSPS) is 10.6. The van der Waals surface area contributed by atoms with E-state index in [1.807, 2.05) is 12.1 Å². The van der Waals surface area contributed by atoms with Crippen LogP contribution in [0.3, 0.4) is 0 Å². The maximum Gasteiger partial charge on any atom is 0.332 e. The molecule has 2 N–H and O–H groups in total. The zero-order valence-corrected chi connectivity index (χ0v) is 11.9. The van der Waals surface area contributed by atoms with E-state index in [1.54, 1.807) is 12.1 Å². The molecule has 20 heavy (non-hydrogen) atoms. The van der Waals surface area contributed by atoms with E-state index in [0.717, 1.165) is 22.5 Å². The molecule has 0 radical (unpaired) electrons. The number of benzene rings is 1. The van der Waals surface area contributed by atoms with E-state index in [4.69, 9.17) is 14.4 Å². The van der Waals surface area contributed by atoms with Crippen LogP contribution in [0.1, 0.15) is 5.56 Å². The van der Waals surface area contributed by atoms with Gasteiger partial charge in [0.25, 0.3) is 0 Å². The van der Waals surface area contributed by atoms with Crippen LogP contribution in [0, 0.1) is 0 Å². The van der Waals surface area contributed by atoms with Crippen LogP contribution in [0.15, 0.2) is 29.2 Å². The highest BCUT2D eigenvalue weighted by molar-refractivity contribution is 7.95. The second-order valence-electron chi connectivity index (χ2n) is 4.22. The molecular weight excluding hydrogens is 282 g/mol. The van der Waals surface area contributed by atoms with E-state index in [1.165, 1.54) is 11.9 Å². The van der Waals surface area contributed by atoms with Gasteiger partial charge in [0.15, 0.2) is 0 Å². The number of rotatable bonds is 8. The van der Waals surface area contributed by atoms with Crippen molar-refractivity contribution in [3.63, 3.8) is 0 Å². The molecule has 0 spiro atoms. The van der Waals surface area contributed by atoms with Crippen LogP contribution in [0.5, 0.6) is 0 Å². The van der Waals surface area contributed by atoms with Crippen LogP contribution in [0.2, 0.25) is 0 Å². The predicted octanol–water partition coefficient (Wildman–Crippen LogP) is 0.788. The van der Waals surface area contributed by atoms with Gasteiger partial charge in [0.2, 0.25) is 0 Å². The first kappa shape index (κ1) is 16.5. The number of nitrogens with zero attached hydrogens (tertiary/aromatic N) is 1. The molecule has 0 aliphatic heterocycles. The lowest BCUT2D eigenvalue weighted by molar-refractivity contribution is -0.139. The van der Waals surface area contributed by atoms with Crippen LogP contribution in [-0.2, 0) is 20.2 Å². The van der Waals surface area contributed by atoms with Gasteiger partial charge in [0.05, 0.1) is 25.1 Å². The molecule has 0 aliphatic carbocycles. The van der Waals surface area contributed by atoms with Crippen LogP contribution in [0.4, 0.5) is 0 Å². The monoisotopic (exact) mass is 299 g/mol. The van der Waals surface area contributed by atoms with Crippen molar-refractivity contribution in [2.75, 3.05) is 26.7 Å². The summed E-state index contributed by atoms with van der Waals surface area (Å²) in [5.41, 5.74) is 1.00. The van der Waals surface area contributed by atoms with Crippen molar-refractivity contribution in [1.29, 1.82) is 0 Å². The quantitative estimate of drug-likeness (QED) is 0.686. The van der Waals surface area contributed by atoms with Crippen LogP contribution < -0.4 is 0 Å². The molecule has 110 valence electrons. The highest BCUT2D eigenvalue weighted by Crippen LogP contribution is 2.19. The molecule has 1 aromatic rings. The number of hydrogen-bond acceptors (Lipinski definition) is 6. The smallest absolute Gasteiger partial charge is 0.332 e. The summed E-state index contributed by atoms with van der Waals surface area (Å²) in [5, 5.41) is 17.3. The largest absolute Gasteiger partial charge is 0.480 e. The molecule has 0 aliphatic rings. The molecule has 0 heterocycles. The lowest BCUT2D eigenvalue weighted by atomic mass is 10.2. The van der Waals surface area contributed by atoms with Gasteiger partial charge in [0, 0.05) is 11.5 Å². The van der Waals surface area contributed by atoms with Gasteiger partial charge >= 0.3 is 11.9 Å². The Morgan fingerprint density at radius 2 is 1.90 bits per heavy atom. The summed E-state index contributed by atoms with van der Waals surface area (Å²) < 4.78 is 4.97. The van der Waals surface area contributed by atoms with Gasteiger partial charge in [0.1, 0.15) is 0 Å². The second kappa shape index (κ2) is 8.57. The van der Waals surface area contributed by atoms with Crippen molar-refractivity contribution in [3.05, 3.63) is 29.8 Å². The van der Waals surface area contributed by atoms with Crippen molar-refractivity contribution >= 4 is 24.0 Å². The summed E-state index contributed by atoms with van der Waals surface area (Å²) in [6.07, 6.45) is 0.588. The first-order chi connectivity index (χ1) is 9.51. The predicted molar refractivity (Wildman–Crippen MR) is 74.3 cm³/mol. The summed E-state index contributed by atoms with van der Waals surface area (Å²) >= 11 is 0.930. The highest BCUT2D eigenvalue weighted by atomic mass is 32.2. The van der Waals surface area contributed by atoms with Crippen molar-refractivity contribution in [2.24, 2.45) is 0 Å². The minimum Gasteiger partial charge on any atom is -0.480 e. The third-order valence-electron chi connectivity index (χ3n) is 2.36. The summed E-state index contributed by atoms with van der Waals surface area (Å²) in [6.45, 7) is -0.199. The molecule has 1 aromatic carbocycles. The minimum absolute atomic E-state index is 0.0815.